The summed E-state index contributed by atoms with van der Waals surface area (Å²) >= 11 is 0. The molecule has 1 fully saturated rings. The molecular formula is C14H23N3O2. The Morgan fingerprint density at radius 1 is 1.58 bits per heavy atom. The van der Waals surface area contributed by atoms with E-state index in [9.17, 15) is 4.79 Å². The number of hydrogen-bond donors (Lipinski definition) is 1. The van der Waals surface area contributed by atoms with Crippen LogP contribution in [0.25, 0.3) is 0 Å². The number of rotatable bonds is 3. The van der Waals surface area contributed by atoms with E-state index in [0.717, 1.165) is 42.9 Å². The highest BCUT2D eigenvalue weighted by Crippen LogP contribution is 2.21. The number of hydrogen-bond acceptors (Lipinski definition) is 4. The predicted molar refractivity (Wildman–Crippen MR) is 72.6 cm³/mol. The van der Waals surface area contributed by atoms with E-state index in [-0.39, 0.29) is 11.9 Å². The zero-order valence-electron chi connectivity index (χ0n) is 12.0. The van der Waals surface area contributed by atoms with E-state index < -0.39 is 0 Å². The van der Waals surface area contributed by atoms with Crippen LogP contribution in [-0.2, 0) is 11.2 Å². The van der Waals surface area contributed by atoms with E-state index in [1.165, 1.54) is 0 Å². The minimum absolute atomic E-state index is 0.148. The fourth-order valence-corrected chi connectivity index (χ4v) is 2.68. The molecule has 2 atom stereocenters. The van der Waals surface area contributed by atoms with E-state index in [1.807, 2.05) is 25.7 Å². The highest BCUT2D eigenvalue weighted by molar-refractivity contribution is 5.79. The molecule has 0 aliphatic carbocycles. The fourth-order valence-electron chi connectivity index (χ4n) is 2.68. The highest BCUT2D eigenvalue weighted by Gasteiger charge is 2.26. The third-order valence-corrected chi connectivity index (χ3v) is 4.06. The molecule has 0 saturated carbocycles. The lowest BCUT2D eigenvalue weighted by molar-refractivity contribution is -0.132. The Hall–Kier alpha value is -1.36. The summed E-state index contributed by atoms with van der Waals surface area (Å²) in [6, 6.07) is 0.148. The average Bonchev–Trinajstić information content (AvgIpc) is 2.70. The number of amides is 1. The molecule has 106 valence electrons. The first-order chi connectivity index (χ1) is 8.99. The summed E-state index contributed by atoms with van der Waals surface area (Å²) in [5, 5.41) is 3.89. The first-order valence-corrected chi connectivity index (χ1v) is 6.94. The van der Waals surface area contributed by atoms with E-state index in [2.05, 4.69) is 5.16 Å². The maximum absolute atomic E-state index is 12.4. The second-order valence-electron chi connectivity index (χ2n) is 5.58. The van der Waals surface area contributed by atoms with Gasteiger partial charge in [-0.1, -0.05) is 5.16 Å². The number of piperidine rings is 1. The minimum Gasteiger partial charge on any atom is -0.361 e. The van der Waals surface area contributed by atoms with Gasteiger partial charge in [-0.3, -0.25) is 4.79 Å². The molecule has 5 nitrogen and oxygen atoms in total. The summed E-state index contributed by atoms with van der Waals surface area (Å²) in [4.78, 5) is 14.3. The molecule has 1 aromatic rings. The van der Waals surface area contributed by atoms with Gasteiger partial charge in [0.05, 0.1) is 12.1 Å². The largest absolute Gasteiger partial charge is 0.361 e. The van der Waals surface area contributed by atoms with Crippen molar-refractivity contribution in [2.24, 2.45) is 11.7 Å². The van der Waals surface area contributed by atoms with Crippen LogP contribution >= 0.6 is 0 Å². The minimum atomic E-state index is 0.148. The van der Waals surface area contributed by atoms with Crippen molar-refractivity contribution in [1.29, 1.82) is 0 Å². The van der Waals surface area contributed by atoms with E-state index in [4.69, 9.17) is 10.3 Å². The van der Waals surface area contributed by atoms with Crippen LogP contribution in [0.4, 0.5) is 0 Å². The number of nitrogens with zero attached hydrogens (tertiary/aromatic N) is 2. The molecular weight excluding hydrogens is 242 g/mol. The van der Waals surface area contributed by atoms with Gasteiger partial charge in [0.15, 0.2) is 0 Å². The van der Waals surface area contributed by atoms with E-state index in [0.29, 0.717) is 12.3 Å². The van der Waals surface area contributed by atoms with Gasteiger partial charge in [0.2, 0.25) is 5.91 Å². The van der Waals surface area contributed by atoms with Gasteiger partial charge in [0.25, 0.3) is 0 Å². The molecule has 0 radical (unpaired) electrons. The zero-order chi connectivity index (χ0) is 14.0. The van der Waals surface area contributed by atoms with E-state index >= 15 is 0 Å². The van der Waals surface area contributed by atoms with Crippen LogP contribution in [0, 0.1) is 19.8 Å². The maximum atomic E-state index is 12.4. The zero-order valence-corrected chi connectivity index (χ0v) is 12.0. The molecule has 2 N–H and O–H groups in total. The van der Waals surface area contributed by atoms with Crippen LogP contribution in [0.1, 0.15) is 36.8 Å². The molecule has 2 heterocycles. The Bertz CT molecular complexity index is 434. The van der Waals surface area contributed by atoms with Gasteiger partial charge in [-0.25, -0.2) is 0 Å². The molecule has 1 saturated heterocycles. The molecule has 2 unspecified atom stereocenters. The topological polar surface area (TPSA) is 72.4 Å². The SMILES string of the molecule is Cc1noc(C)c1CC(=O)N1CCCC(C(C)N)C1. The first-order valence-electron chi connectivity index (χ1n) is 6.94. The normalized spacial score (nSPS) is 21.5. The van der Waals surface area contributed by atoms with Crippen LogP contribution in [0.3, 0.4) is 0 Å². The van der Waals surface area contributed by atoms with Gasteiger partial charge >= 0.3 is 0 Å². The fraction of sp³-hybridized carbons (Fsp3) is 0.714. The Balaban J connectivity index is 2.00. The lowest BCUT2D eigenvalue weighted by atomic mass is 9.92. The quantitative estimate of drug-likeness (QED) is 0.897. The smallest absolute Gasteiger partial charge is 0.227 e. The van der Waals surface area contributed by atoms with Crippen molar-refractivity contribution < 1.29 is 9.32 Å². The van der Waals surface area contributed by atoms with Crippen molar-refractivity contribution in [3.8, 4) is 0 Å². The van der Waals surface area contributed by atoms with Crippen LogP contribution in [0.15, 0.2) is 4.52 Å². The first kappa shape index (κ1) is 14.1. The molecule has 0 bridgehead atoms. The Morgan fingerprint density at radius 2 is 2.32 bits per heavy atom. The number of nitrogens with two attached hydrogens (primary N) is 1. The number of aryl methyl sites for hydroxylation is 2. The second kappa shape index (κ2) is 5.74. The standard InChI is InChI=1S/C14H23N3O2/c1-9(15)12-5-4-6-17(8-12)14(18)7-13-10(2)16-19-11(13)3/h9,12H,4-8,15H2,1-3H3. The molecule has 0 aromatic carbocycles. The van der Waals surface area contributed by atoms with Gasteiger partial charge in [-0.15, -0.1) is 0 Å². The summed E-state index contributed by atoms with van der Waals surface area (Å²) in [5.41, 5.74) is 7.69. The van der Waals surface area contributed by atoms with Crippen LogP contribution in [-0.4, -0.2) is 35.1 Å². The predicted octanol–water partition coefficient (Wildman–Crippen LogP) is 1.42. The lowest BCUT2D eigenvalue weighted by Gasteiger charge is -2.34. The summed E-state index contributed by atoms with van der Waals surface area (Å²) < 4.78 is 5.10. The molecule has 5 heteroatoms. The molecule has 1 amide bonds. The van der Waals surface area contributed by atoms with Gasteiger partial charge in [0.1, 0.15) is 5.76 Å². The maximum Gasteiger partial charge on any atom is 0.227 e. The number of carbonyl (C=O) groups excluding carboxylic acids is 1. The van der Waals surface area contributed by atoms with E-state index in [1.54, 1.807) is 0 Å². The Morgan fingerprint density at radius 3 is 2.89 bits per heavy atom. The molecule has 1 aliphatic heterocycles. The number of aromatic nitrogens is 1. The summed E-state index contributed by atoms with van der Waals surface area (Å²) in [7, 11) is 0. The van der Waals surface area contributed by atoms with Crippen LogP contribution in [0.2, 0.25) is 0 Å². The van der Waals surface area contributed by atoms with Gasteiger partial charge < -0.3 is 15.2 Å². The summed E-state index contributed by atoms with van der Waals surface area (Å²) in [6.07, 6.45) is 2.54. The van der Waals surface area contributed by atoms with Crippen molar-refractivity contribution in [2.45, 2.75) is 46.1 Å². The second-order valence-corrected chi connectivity index (χ2v) is 5.58. The average molecular weight is 265 g/mol. The molecule has 0 spiro atoms. The van der Waals surface area contributed by atoms with Crippen molar-refractivity contribution in [3.05, 3.63) is 17.0 Å². The third-order valence-electron chi connectivity index (χ3n) is 4.06. The van der Waals surface area contributed by atoms with Gasteiger partial charge in [0, 0.05) is 24.7 Å². The van der Waals surface area contributed by atoms with Crippen molar-refractivity contribution in [3.63, 3.8) is 0 Å². The summed E-state index contributed by atoms with van der Waals surface area (Å²) in [6.45, 7) is 7.36. The number of carbonyl (C=O) groups is 1. The third kappa shape index (κ3) is 3.15. The molecule has 19 heavy (non-hydrogen) atoms. The highest BCUT2D eigenvalue weighted by atomic mass is 16.5. The number of likely N-dealkylation sites (tertiary alicyclic amines) is 1. The Labute approximate surface area is 114 Å². The molecule has 1 aromatic heterocycles. The Kier molecular flexibility index (Phi) is 4.24. The lowest BCUT2D eigenvalue weighted by Crippen LogP contribution is -2.45. The molecule has 1 aliphatic rings. The van der Waals surface area contributed by atoms with Crippen molar-refractivity contribution >= 4 is 5.91 Å². The molecule has 2 rings (SSSR count). The van der Waals surface area contributed by atoms with Crippen LogP contribution < -0.4 is 5.73 Å². The van der Waals surface area contributed by atoms with Gasteiger partial charge in [-0.05, 0) is 39.5 Å². The van der Waals surface area contributed by atoms with Crippen LogP contribution in [0.5, 0.6) is 0 Å². The van der Waals surface area contributed by atoms with Crippen molar-refractivity contribution in [1.82, 2.24) is 10.1 Å². The van der Waals surface area contributed by atoms with Crippen molar-refractivity contribution in [2.75, 3.05) is 13.1 Å². The van der Waals surface area contributed by atoms with Gasteiger partial charge in [-0.2, -0.15) is 0 Å². The summed E-state index contributed by atoms with van der Waals surface area (Å²) in [5.74, 6) is 1.31. The monoisotopic (exact) mass is 265 g/mol.